The van der Waals surface area contributed by atoms with Crippen molar-refractivity contribution in [3.05, 3.63) is 76.3 Å². The molecule has 0 bridgehead atoms. The third-order valence-corrected chi connectivity index (χ3v) is 4.16. The van der Waals surface area contributed by atoms with E-state index in [1.807, 2.05) is 42.5 Å². The molecule has 1 atom stereocenters. The zero-order valence-corrected chi connectivity index (χ0v) is 14.4. The van der Waals surface area contributed by atoms with E-state index in [-0.39, 0.29) is 11.6 Å². The summed E-state index contributed by atoms with van der Waals surface area (Å²) in [7, 11) is 0. The standard InChI is InChI=1S/C20H18N2O4/c1-13-18(8-5-9-19(13)22(24)25)21-20(23)14(2)26-17-11-10-15-6-3-4-7-16(15)12-17/h3-12,14H,1-2H3,(H,21,23)/t14-/m1/s1. The minimum atomic E-state index is -0.755. The quantitative estimate of drug-likeness (QED) is 0.544. The first-order valence-electron chi connectivity index (χ1n) is 8.16. The van der Waals surface area contributed by atoms with Crippen molar-refractivity contribution in [3.8, 4) is 5.75 Å². The molecule has 0 aliphatic rings. The monoisotopic (exact) mass is 350 g/mol. The van der Waals surface area contributed by atoms with Gasteiger partial charge in [0.05, 0.1) is 16.2 Å². The van der Waals surface area contributed by atoms with Crippen LogP contribution in [-0.2, 0) is 4.79 Å². The van der Waals surface area contributed by atoms with E-state index in [1.165, 1.54) is 12.1 Å². The Morgan fingerprint density at radius 1 is 1.08 bits per heavy atom. The van der Waals surface area contributed by atoms with Crippen molar-refractivity contribution in [2.24, 2.45) is 0 Å². The molecule has 0 radical (unpaired) electrons. The van der Waals surface area contributed by atoms with Gasteiger partial charge in [0, 0.05) is 6.07 Å². The van der Waals surface area contributed by atoms with Crippen LogP contribution in [0.5, 0.6) is 5.75 Å². The van der Waals surface area contributed by atoms with Crippen molar-refractivity contribution in [2.45, 2.75) is 20.0 Å². The maximum atomic E-state index is 12.4. The Hall–Kier alpha value is -3.41. The minimum Gasteiger partial charge on any atom is -0.481 e. The van der Waals surface area contributed by atoms with Crippen LogP contribution in [0.4, 0.5) is 11.4 Å². The molecule has 0 aliphatic heterocycles. The van der Waals surface area contributed by atoms with Crippen LogP contribution in [0.1, 0.15) is 12.5 Å². The van der Waals surface area contributed by atoms with Crippen LogP contribution in [0.2, 0.25) is 0 Å². The highest BCUT2D eigenvalue weighted by molar-refractivity contribution is 5.95. The highest BCUT2D eigenvalue weighted by Crippen LogP contribution is 2.26. The molecule has 0 unspecified atom stereocenters. The van der Waals surface area contributed by atoms with Crippen molar-refractivity contribution in [1.82, 2.24) is 0 Å². The van der Waals surface area contributed by atoms with Crippen LogP contribution in [-0.4, -0.2) is 16.9 Å². The Balaban J connectivity index is 1.73. The van der Waals surface area contributed by atoms with Crippen LogP contribution in [0, 0.1) is 17.0 Å². The fourth-order valence-corrected chi connectivity index (χ4v) is 2.69. The predicted octanol–water partition coefficient (Wildman–Crippen LogP) is 4.46. The number of hydrogen-bond donors (Lipinski definition) is 1. The Kier molecular flexibility index (Phi) is 4.84. The molecule has 3 rings (SSSR count). The van der Waals surface area contributed by atoms with Gasteiger partial charge in [-0.15, -0.1) is 0 Å². The average Bonchev–Trinajstić information content (AvgIpc) is 2.63. The van der Waals surface area contributed by atoms with Gasteiger partial charge in [0.1, 0.15) is 5.75 Å². The van der Waals surface area contributed by atoms with E-state index in [0.29, 0.717) is 17.0 Å². The topological polar surface area (TPSA) is 81.5 Å². The molecule has 0 saturated heterocycles. The fourth-order valence-electron chi connectivity index (χ4n) is 2.69. The summed E-state index contributed by atoms with van der Waals surface area (Å²) < 4.78 is 5.73. The van der Waals surface area contributed by atoms with Crippen LogP contribution < -0.4 is 10.1 Å². The van der Waals surface area contributed by atoms with Gasteiger partial charge in [0.15, 0.2) is 6.10 Å². The Labute approximate surface area is 150 Å². The smallest absolute Gasteiger partial charge is 0.274 e. The normalized spacial score (nSPS) is 11.8. The zero-order valence-electron chi connectivity index (χ0n) is 14.4. The number of rotatable bonds is 5. The van der Waals surface area contributed by atoms with E-state index in [2.05, 4.69) is 5.32 Å². The van der Waals surface area contributed by atoms with Crippen LogP contribution in [0.3, 0.4) is 0 Å². The number of fused-ring (bicyclic) bond motifs is 1. The van der Waals surface area contributed by atoms with Crippen LogP contribution in [0.15, 0.2) is 60.7 Å². The lowest BCUT2D eigenvalue weighted by Gasteiger charge is -2.16. The van der Waals surface area contributed by atoms with Gasteiger partial charge in [-0.25, -0.2) is 0 Å². The van der Waals surface area contributed by atoms with E-state index in [4.69, 9.17) is 4.74 Å². The number of hydrogen-bond acceptors (Lipinski definition) is 4. The maximum Gasteiger partial charge on any atom is 0.274 e. The Bertz CT molecular complexity index is 984. The second kappa shape index (κ2) is 7.23. The summed E-state index contributed by atoms with van der Waals surface area (Å²) in [4.78, 5) is 22.9. The first kappa shape index (κ1) is 17.4. The van der Waals surface area contributed by atoms with Gasteiger partial charge in [-0.1, -0.05) is 36.4 Å². The molecule has 0 fully saturated rings. The maximum absolute atomic E-state index is 12.4. The Morgan fingerprint density at radius 2 is 1.81 bits per heavy atom. The molecular formula is C20H18N2O4. The number of anilines is 1. The fraction of sp³-hybridized carbons (Fsp3) is 0.150. The molecule has 0 heterocycles. The van der Waals surface area contributed by atoms with Gasteiger partial charge in [-0.05, 0) is 42.8 Å². The van der Waals surface area contributed by atoms with Crippen molar-refractivity contribution in [1.29, 1.82) is 0 Å². The van der Waals surface area contributed by atoms with E-state index in [1.54, 1.807) is 19.9 Å². The number of nitrogens with zero attached hydrogens (tertiary/aromatic N) is 1. The summed E-state index contributed by atoms with van der Waals surface area (Å²) in [5.74, 6) is 0.212. The molecule has 6 heteroatoms. The van der Waals surface area contributed by atoms with Gasteiger partial charge >= 0.3 is 0 Å². The van der Waals surface area contributed by atoms with Crippen molar-refractivity contribution in [2.75, 3.05) is 5.32 Å². The number of amides is 1. The number of benzene rings is 3. The molecule has 1 N–H and O–H groups in total. The Morgan fingerprint density at radius 3 is 2.54 bits per heavy atom. The minimum absolute atomic E-state index is 0.0362. The average molecular weight is 350 g/mol. The first-order valence-corrected chi connectivity index (χ1v) is 8.16. The number of carbonyl (C=O) groups is 1. The van der Waals surface area contributed by atoms with Gasteiger partial charge in [0.25, 0.3) is 11.6 Å². The van der Waals surface area contributed by atoms with Crippen LogP contribution >= 0.6 is 0 Å². The number of nitro benzene ring substituents is 1. The van der Waals surface area contributed by atoms with Gasteiger partial charge in [-0.3, -0.25) is 14.9 Å². The molecule has 26 heavy (non-hydrogen) atoms. The number of ether oxygens (including phenoxy) is 1. The molecule has 0 spiro atoms. The third-order valence-electron chi connectivity index (χ3n) is 4.16. The van der Waals surface area contributed by atoms with Crippen molar-refractivity contribution >= 4 is 28.1 Å². The van der Waals surface area contributed by atoms with Crippen molar-refractivity contribution < 1.29 is 14.5 Å². The molecule has 1 amide bonds. The third kappa shape index (κ3) is 3.64. The predicted molar refractivity (Wildman–Crippen MR) is 101 cm³/mol. The summed E-state index contributed by atoms with van der Waals surface area (Å²) in [6.45, 7) is 3.24. The zero-order chi connectivity index (χ0) is 18.7. The van der Waals surface area contributed by atoms with Crippen molar-refractivity contribution in [3.63, 3.8) is 0 Å². The number of carbonyl (C=O) groups excluding carboxylic acids is 1. The summed E-state index contributed by atoms with van der Waals surface area (Å²) in [5.41, 5.74) is 0.771. The summed E-state index contributed by atoms with van der Waals surface area (Å²) in [5, 5.41) is 15.8. The molecule has 6 nitrogen and oxygen atoms in total. The van der Waals surface area contributed by atoms with E-state index < -0.39 is 11.0 Å². The lowest BCUT2D eigenvalue weighted by molar-refractivity contribution is -0.385. The van der Waals surface area contributed by atoms with E-state index >= 15 is 0 Å². The van der Waals surface area contributed by atoms with Gasteiger partial charge in [-0.2, -0.15) is 0 Å². The SMILES string of the molecule is Cc1c(NC(=O)[C@@H](C)Oc2ccc3ccccc3c2)cccc1[N+](=O)[O-]. The second-order valence-corrected chi connectivity index (χ2v) is 5.97. The molecule has 0 saturated carbocycles. The second-order valence-electron chi connectivity index (χ2n) is 5.97. The van der Waals surface area contributed by atoms with Gasteiger partial charge in [0.2, 0.25) is 0 Å². The molecule has 3 aromatic carbocycles. The molecular weight excluding hydrogens is 332 g/mol. The van der Waals surface area contributed by atoms with Crippen LogP contribution in [0.25, 0.3) is 10.8 Å². The largest absolute Gasteiger partial charge is 0.481 e. The molecule has 0 aliphatic carbocycles. The molecule has 0 aromatic heterocycles. The van der Waals surface area contributed by atoms with E-state index in [0.717, 1.165) is 10.8 Å². The lowest BCUT2D eigenvalue weighted by atomic mass is 10.1. The highest BCUT2D eigenvalue weighted by atomic mass is 16.6. The first-order chi connectivity index (χ1) is 12.5. The van der Waals surface area contributed by atoms with E-state index in [9.17, 15) is 14.9 Å². The summed E-state index contributed by atoms with van der Waals surface area (Å²) in [6, 6.07) is 18.0. The highest BCUT2D eigenvalue weighted by Gasteiger charge is 2.19. The summed E-state index contributed by atoms with van der Waals surface area (Å²) in [6.07, 6.45) is -0.755. The number of nitrogens with one attached hydrogen (secondary N) is 1. The lowest BCUT2D eigenvalue weighted by Crippen LogP contribution is -2.30. The van der Waals surface area contributed by atoms with Gasteiger partial charge < -0.3 is 10.1 Å². The number of nitro groups is 1. The summed E-state index contributed by atoms with van der Waals surface area (Å²) >= 11 is 0. The molecule has 3 aromatic rings. The molecule has 132 valence electrons.